The average molecular weight is 902 g/mol. The highest BCUT2D eigenvalue weighted by molar-refractivity contribution is 7.25. The van der Waals surface area contributed by atoms with Crippen LogP contribution in [0.4, 0.5) is 34.5 Å². The maximum absolute atomic E-state index is 6.51. The Labute approximate surface area is 397 Å². The highest BCUT2D eigenvalue weighted by Crippen LogP contribution is 2.48. The molecule has 0 saturated heterocycles. The number of para-hydroxylation sites is 2. The summed E-state index contributed by atoms with van der Waals surface area (Å²) in [4.78, 5) is 21.4. The Balaban J connectivity index is 0.949. The molecule has 0 saturated carbocycles. The molecule has 0 N–H and O–H groups in total. The van der Waals surface area contributed by atoms with Crippen molar-refractivity contribution in [2.45, 2.75) is 0 Å². The van der Waals surface area contributed by atoms with E-state index in [0.29, 0.717) is 5.95 Å². The first kappa shape index (κ1) is 38.0. The molecule has 8 heteroatoms. The van der Waals surface area contributed by atoms with Crippen molar-refractivity contribution in [2.75, 3.05) is 9.80 Å². The molecular formula is C61H35N5O2S. The van der Waals surface area contributed by atoms with E-state index >= 15 is 0 Å². The van der Waals surface area contributed by atoms with E-state index in [0.717, 1.165) is 136 Å². The number of fused-ring (bicyclic) bond motifs is 13. The Morgan fingerprint density at radius 1 is 0.348 bits per heavy atom. The molecule has 15 aromatic rings. The molecule has 0 unspecified atom stereocenters. The molecule has 0 fully saturated rings. The van der Waals surface area contributed by atoms with E-state index < -0.39 is 0 Å². The number of thiophene rings is 1. The normalized spacial score (nSPS) is 12.1. The second-order valence-electron chi connectivity index (χ2n) is 17.6. The van der Waals surface area contributed by atoms with Crippen LogP contribution in [0.1, 0.15) is 0 Å². The SMILES string of the molecule is c1ccc2c(N(c3ccc4c(c3)oc3ccccc34)c3cc4sc5nc(N(c6ccc7c(c6)oc6ccccc67)c6c7ccccc7cc7ccccc67)ncc5c4cn3)c3ccccc3cc2c1. The number of hydrogen-bond acceptors (Lipinski definition) is 8. The van der Waals surface area contributed by atoms with Crippen LogP contribution >= 0.6 is 11.3 Å². The van der Waals surface area contributed by atoms with Gasteiger partial charge in [0.1, 0.15) is 33.0 Å². The van der Waals surface area contributed by atoms with Gasteiger partial charge in [-0.1, -0.05) is 133 Å². The Kier molecular flexibility index (Phi) is 8.10. The minimum Gasteiger partial charge on any atom is -0.456 e. The standard InChI is InChI=1S/C61H35N5O2S/c1-5-17-42-36(13-1)29-37-14-2-6-18-43(37)58(42)65(40-25-27-48-46-21-9-11-23-52(46)67-54(48)31-40)57-33-56-50(34-62-57)51-35-63-61(64-60(51)69-56)66(41-26-28-49-47-22-10-12-24-53(47)68-55(49)32-41)59-44-19-7-3-15-38(44)30-39-16-4-8-20-45(39)59/h1-35H. The lowest BCUT2D eigenvalue weighted by molar-refractivity contribution is 0.668. The van der Waals surface area contributed by atoms with Crippen LogP contribution in [0.5, 0.6) is 0 Å². The fourth-order valence-electron chi connectivity index (χ4n) is 10.6. The monoisotopic (exact) mass is 901 g/mol. The zero-order valence-electron chi connectivity index (χ0n) is 36.7. The lowest BCUT2D eigenvalue weighted by Gasteiger charge is -2.27. The molecule has 0 radical (unpaired) electrons. The van der Waals surface area contributed by atoms with E-state index in [9.17, 15) is 0 Å². The number of rotatable bonds is 6. The molecule has 5 heterocycles. The van der Waals surface area contributed by atoms with E-state index in [1.165, 1.54) is 0 Å². The van der Waals surface area contributed by atoms with Gasteiger partial charge in [0.05, 0.1) is 22.7 Å². The molecule has 0 aliphatic rings. The maximum atomic E-state index is 6.51. The van der Waals surface area contributed by atoms with Gasteiger partial charge in [0, 0.05) is 83.1 Å². The third-order valence-corrected chi connectivity index (χ3v) is 14.8. The maximum Gasteiger partial charge on any atom is 0.236 e. The van der Waals surface area contributed by atoms with Gasteiger partial charge in [-0.2, -0.15) is 0 Å². The molecule has 0 atom stereocenters. The predicted molar refractivity (Wildman–Crippen MR) is 287 cm³/mol. The molecule has 69 heavy (non-hydrogen) atoms. The number of benzene rings is 10. The van der Waals surface area contributed by atoms with Crippen LogP contribution in [0.2, 0.25) is 0 Å². The number of aromatic nitrogens is 3. The van der Waals surface area contributed by atoms with Gasteiger partial charge in [0.15, 0.2) is 0 Å². The molecular weight excluding hydrogens is 867 g/mol. The summed E-state index contributed by atoms with van der Waals surface area (Å²) in [6.07, 6.45) is 3.95. The zero-order chi connectivity index (χ0) is 45.2. The highest BCUT2D eigenvalue weighted by Gasteiger charge is 2.26. The number of anilines is 6. The fraction of sp³-hybridized carbons (Fsp3) is 0. The fourth-order valence-corrected chi connectivity index (χ4v) is 11.6. The minimum atomic E-state index is 0.558. The second-order valence-corrected chi connectivity index (χ2v) is 18.6. The summed E-state index contributed by atoms with van der Waals surface area (Å²) in [5.41, 5.74) is 7.22. The van der Waals surface area contributed by atoms with Crippen molar-refractivity contribution >= 4 is 153 Å². The zero-order valence-corrected chi connectivity index (χ0v) is 37.5. The Morgan fingerprint density at radius 2 is 0.783 bits per heavy atom. The first-order valence-corrected chi connectivity index (χ1v) is 23.8. The minimum absolute atomic E-state index is 0.558. The van der Waals surface area contributed by atoms with Crippen LogP contribution in [0.15, 0.2) is 221 Å². The Morgan fingerprint density at radius 3 is 1.32 bits per heavy atom. The molecule has 0 amide bonds. The van der Waals surface area contributed by atoms with Crippen molar-refractivity contribution in [2.24, 2.45) is 0 Å². The van der Waals surface area contributed by atoms with Gasteiger partial charge in [-0.15, -0.1) is 11.3 Å². The van der Waals surface area contributed by atoms with Gasteiger partial charge < -0.3 is 8.83 Å². The Hall–Kier alpha value is -9.11. The first-order valence-electron chi connectivity index (χ1n) is 23.0. The summed E-state index contributed by atoms with van der Waals surface area (Å²) < 4.78 is 14.0. The average Bonchev–Trinajstić information content (AvgIpc) is 4.09. The van der Waals surface area contributed by atoms with Crippen molar-refractivity contribution < 1.29 is 8.83 Å². The molecule has 15 rings (SSSR count). The van der Waals surface area contributed by atoms with Crippen LogP contribution in [0.3, 0.4) is 0 Å². The quantitative estimate of drug-likeness (QED) is 0.154. The van der Waals surface area contributed by atoms with E-state index in [4.69, 9.17) is 23.8 Å². The van der Waals surface area contributed by atoms with Gasteiger partial charge in [0.25, 0.3) is 0 Å². The molecule has 322 valence electrons. The van der Waals surface area contributed by atoms with Crippen molar-refractivity contribution in [1.29, 1.82) is 0 Å². The number of nitrogens with zero attached hydrogens (tertiary/aromatic N) is 5. The third kappa shape index (κ3) is 5.82. The van der Waals surface area contributed by atoms with Crippen LogP contribution in [0, 0.1) is 0 Å². The predicted octanol–water partition coefficient (Wildman–Crippen LogP) is 17.6. The molecule has 0 bridgehead atoms. The van der Waals surface area contributed by atoms with E-state index in [1.807, 2.05) is 36.7 Å². The Bertz CT molecular complexity index is 4210. The van der Waals surface area contributed by atoms with Crippen LogP contribution in [0.25, 0.3) is 107 Å². The van der Waals surface area contributed by atoms with Gasteiger partial charge >= 0.3 is 0 Å². The first-order chi connectivity index (χ1) is 34.2. The molecule has 0 aliphatic carbocycles. The summed E-state index contributed by atoms with van der Waals surface area (Å²) in [6.45, 7) is 0. The number of hydrogen-bond donors (Lipinski definition) is 0. The van der Waals surface area contributed by atoms with Crippen molar-refractivity contribution in [3.8, 4) is 0 Å². The van der Waals surface area contributed by atoms with Gasteiger partial charge in [0.2, 0.25) is 5.95 Å². The summed E-state index contributed by atoms with van der Waals surface area (Å²) in [7, 11) is 0. The number of pyridine rings is 1. The van der Waals surface area contributed by atoms with E-state index in [-0.39, 0.29) is 0 Å². The third-order valence-electron chi connectivity index (χ3n) is 13.7. The smallest absolute Gasteiger partial charge is 0.236 e. The largest absolute Gasteiger partial charge is 0.456 e. The van der Waals surface area contributed by atoms with Gasteiger partial charge in [-0.3, -0.25) is 9.80 Å². The van der Waals surface area contributed by atoms with Crippen LogP contribution in [-0.4, -0.2) is 15.0 Å². The van der Waals surface area contributed by atoms with E-state index in [2.05, 4.69) is 186 Å². The van der Waals surface area contributed by atoms with Crippen molar-refractivity contribution in [3.05, 3.63) is 213 Å². The molecule has 7 nitrogen and oxygen atoms in total. The molecule has 10 aromatic carbocycles. The topological polar surface area (TPSA) is 71.4 Å². The molecule has 5 aromatic heterocycles. The molecule has 0 spiro atoms. The number of furan rings is 2. The summed E-state index contributed by atoms with van der Waals surface area (Å²) in [6, 6.07) is 70.4. The highest BCUT2D eigenvalue weighted by atomic mass is 32.1. The van der Waals surface area contributed by atoms with E-state index in [1.54, 1.807) is 11.3 Å². The summed E-state index contributed by atoms with van der Waals surface area (Å²) in [5, 5.41) is 15.2. The lowest BCUT2D eigenvalue weighted by Crippen LogP contribution is -2.14. The lowest BCUT2D eigenvalue weighted by atomic mass is 9.99. The summed E-state index contributed by atoms with van der Waals surface area (Å²) in [5.74, 6) is 1.34. The van der Waals surface area contributed by atoms with Gasteiger partial charge in [-0.25, -0.2) is 15.0 Å². The van der Waals surface area contributed by atoms with Crippen molar-refractivity contribution in [1.82, 2.24) is 15.0 Å². The van der Waals surface area contributed by atoms with Crippen LogP contribution in [-0.2, 0) is 0 Å². The molecule has 0 aliphatic heterocycles. The van der Waals surface area contributed by atoms with Gasteiger partial charge in [-0.05, 0) is 76.1 Å². The van der Waals surface area contributed by atoms with Crippen molar-refractivity contribution in [3.63, 3.8) is 0 Å². The second kappa shape index (κ2) is 14.7. The summed E-state index contributed by atoms with van der Waals surface area (Å²) >= 11 is 1.65. The van der Waals surface area contributed by atoms with Crippen LogP contribution < -0.4 is 9.80 Å².